The van der Waals surface area contributed by atoms with Crippen LogP contribution in [0, 0.1) is 0 Å². The minimum atomic E-state index is -0.651. The van der Waals surface area contributed by atoms with Crippen molar-refractivity contribution in [1.29, 1.82) is 0 Å². The first-order valence-corrected chi connectivity index (χ1v) is 12.4. The molecule has 11 nitrogen and oxygen atoms in total. The molecule has 3 N–H and O–H groups in total. The number of nitrogens with one attached hydrogen (secondary N) is 1. The van der Waals surface area contributed by atoms with Crippen molar-refractivity contribution in [3.8, 4) is 0 Å². The molecule has 2 atom stereocenters. The smallest absolute Gasteiger partial charge is 0.338 e. The predicted octanol–water partition coefficient (Wildman–Crippen LogP) is 3.13. The third-order valence-electron chi connectivity index (χ3n) is 6.62. The molecule has 0 unspecified atom stereocenters. The van der Waals surface area contributed by atoms with Crippen molar-refractivity contribution in [2.75, 3.05) is 18.2 Å². The molecule has 2 amide bonds. The Labute approximate surface area is 220 Å². The number of likely N-dealkylation sites (tertiary alicyclic amines) is 1. The van der Waals surface area contributed by atoms with Crippen LogP contribution in [0.4, 0.5) is 11.6 Å². The van der Waals surface area contributed by atoms with Crippen LogP contribution in [-0.2, 0) is 20.9 Å². The third-order valence-corrected chi connectivity index (χ3v) is 7.06. The number of carbonyl (C=O) groups is 3. The molecule has 0 saturated carbocycles. The van der Waals surface area contributed by atoms with E-state index in [1.165, 1.54) is 13.4 Å². The van der Waals surface area contributed by atoms with Crippen LogP contribution in [0.2, 0.25) is 0 Å². The predicted molar refractivity (Wildman–Crippen MR) is 141 cm³/mol. The highest BCUT2D eigenvalue weighted by Crippen LogP contribution is 2.34. The monoisotopic (exact) mass is 565 g/mol. The Kier molecular flexibility index (Phi) is 6.50. The second kappa shape index (κ2) is 9.77. The van der Waals surface area contributed by atoms with Gasteiger partial charge in [0.15, 0.2) is 0 Å². The van der Waals surface area contributed by atoms with Gasteiger partial charge in [-0.1, -0.05) is 12.1 Å². The molecular formula is C25H24BrN7O4. The van der Waals surface area contributed by atoms with E-state index in [0.717, 1.165) is 0 Å². The molecular weight excluding hydrogens is 542 g/mol. The summed E-state index contributed by atoms with van der Waals surface area (Å²) in [6.45, 7) is 1.81. The van der Waals surface area contributed by atoms with Gasteiger partial charge in [0.2, 0.25) is 11.8 Å². The van der Waals surface area contributed by atoms with Gasteiger partial charge in [-0.2, -0.15) is 0 Å². The van der Waals surface area contributed by atoms with Crippen molar-refractivity contribution in [1.82, 2.24) is 24.4 Å². The molecule has 0 aliphatic carbocycles. The average Bonchev–Trinajstić information content (AvgIpc) is 3.42. The zero-order chi connectivity index (χ0) is 26.3. The molecule has 37 heavy (non-hydrogen) atoms. The van der Waals surface area contributed by atoms with Gasteiger partial charge in [-0.05, 0) is 60.0 Å². The highest BCUT2D eigenvalue weighted by molar-refractivity contribution is 9.10. The van der Waals surface area contributed by atoms with Gasteiger partial charge in [-0.15, -0.1) is 0 Å². The van der Waals surface area contributed by atoms with Crippen molar-refractivity contribution in [2.24, 2.45) is 0 Å². The van der Waals surface area contributed by atoms with Gasteiger partial charge in [0, 0.05) is 11.4 Å². The lowest BCUT2D eigenvalue weighted by atomic mass is 10.1. The van der Waals surface area contributed by atoms with Gasteiger partial charge in [-0.3, -0.25) is 9.59 Å². The Balaban J connectivity index is 1.51. The number of aromatic nitrogens is 4. The summed E-state index contributed by atoms with van der Waals surface area (Å²) in [4.78, 5) is 53.7. The normalized spacial score (nSPS) is 17.3. The number of fused-ring (bicyclic) bond motifs is 3. The van der Waals surface area contributed by atoms with E-state index in [1.54, 1.807) is 45.9 Å². The number of rotatable bonds is 5. The van der Waals surface area contributed by atoms with E-state index in [2.05, 4.69) is 36.2 Å². The Morgan fingerprint density at radius 1 is 1.14 bits per heavy atom. The fourth-order valence-electron chi connectivity index (χ4n) is 4.98. The summed E-state index contributed by atoms with van der Waals surface area (Å²) in [7, 11) is 1.30. The molecule has 1 saturated heterocycles. The molecule has 1 aliphatic heterocycles. The fourth-order valence-corrected chi connectivity index (χ4v) is 5.33. The van der Waals surface area contributed by atoms with Crippen molar-refractivity contribution < 1.29 is 19.1 Å². The first kappa shape index (κ1) is 24.6. The molecule has 190 valence electrons. The lowest BCUT2D eigenvalue weighted by Gasteiger charge is -2.28. The number of benzene rings is 1. The quantitative estimate of drug-likeness (QED) is 0.277. The molecule has 4 heterocycles. The molecule has 4 aromatic rings. The van der Waals surface area contributed by atoms with E-state index < -0.39 is 12.0 Å². The molecule has 3 aromatic heterocycles. The summed E-state index contributed by atoms with van der Waals surface area (Å²) in [5.74, 6) is -0.510. The summed E-state index contributed by atoms with van der Waals surface area (Å²) in [5, 5.41) is 3.79. The van der Waals surface area contributed by atoms with Gasteiger partial charge < -0.3 is 25.3 Å². The van der Waals surface area contributed by atoms with Crippen LogP contribution in [0.15, 0.2) is 47.3 Å². The maximum atomic E-state index is 13.7. The number of amides is 2. The summed E-state index contributed by atoms with van der Waals surface area (Å²) >= 11 is 3.30. The van der Waals surface area contributed by atoms with Gasteiger partial charge in [0.25, 0.3) is 0 Å². The number of pyridine rings is 1. The Hall–Kier alpha value is -4.06. The van der Waals surface area contributed by atoms with E-state index >= 15 is 0 Å². The summed E-state index contributed by atoms with van der Waals surface area (Å²) < 4.78 is 7.25. The standard InChI is InChI=1S/C25H24BrN7O4/c1-13-9-10-16(24(35)31-18-8-4-7-17(26)30-18)33(13)19(34)11-32-15-6-3-5-14(25(36)37-2)20(15)21-22(27)28-12-29-23(21)32/h3-8,12-13,16H,9-11H2,1-2H3,(H2,27,28,29)(H,30,31,35)/t13-,16+/m1/s1. The average molecular weight is 566 g/mol. The van der Waals surface area contributed by atoms with Crippen LogP contribution in [-0.4, -0.2) is 61.4 Å². The number of carbonyl (C=O) groups excluding carboxylic acids is 3. The minimum Gasteiger partial charge on any atom is -0.465 e. The lowest BCUT2D eigenvalue weighted by molar-refractivity contribution is -0.138. The first-order valence-electron chi connectivity index (χ1n) is 11.6. The molecule has 1 aromatic carbocycles. The van der Waals surface area contributed by atoms with Crippen LogP contribution in [0.5, 0.6) is 0 Å². The fraction of sp³-hybridized carbons (Fsp3) is 0.280. The first-order chi connectivity index (χ1) is 17.8. The SMILES string of the molecule is COC(=O)c1cccc2c1c1c(N)ncnc1n2CC(=O)N1[C@H](C)CC[C@H]1C(=O)Nc1cccc(Br)n1. The number of nitrogen functional groups attached to an aromatic ring is 1. The van der Waals surface area contributed by atoms with Crippen molar-refractivity contribution in [3.63, 3.8) is 0 Å². The second-order valence-electron chi connectivity index (χ2n) is 8.81. The van der Waals surface area contributed by atoms with Crippen molar-refractivity contribution in [3.05, 3.63) is 52.9 Å². The second-order valence-corrected chi connectivity index (χ2v) is 9.63. The van der Waals surface area contributed by atoms with Crippen LogP contribution in [0.1, 0.15) is 30.1 Å². The minimum absolute atomic E-state index is 0.107. The number of nitrogens with two attached hydrogens (primary N) is 1. The van der Waals surface area contributed by atoms with E-state index in [4.69, 9.17) is 10.5 Å². The van der Waals surface area contributed by atoms with Crippen molar-refractivity contribution >= 4 is 67.3 Å². The van der Waals surface area contributed by atoms with E-state index in [1.807, 2.05) is 6.92 Å². The number of nitrogens with zero attached hydrogens (tertiary/aromatic N) is 5. The van der Waals surface area contributed by atoms with Crippen LogP contribution >= 0.6 is 15.9 Å². The Morgan fingerprint density at radius 2 is 1.92 bits per heavy atom. The van der Waals surface area contributed by atoms with E-state index in [0.29, 0.717) is 50.8 Å². The Bertz CT molecular complexity index is 1550. The highest BCUT2D eigenvalue weighted by Gasteiger charge is 2.39. The highest BCUT2D eigenvalue weighted by atomic mass is 79.9. The molecule has 0 spiro atoms. The van der Waals surface area contributed by atoms with Gasteiger partial charge in [0.1, 0.15) is 40.8 Å². The van der Waals surface area contributed by atoms with Gasteiger partial charge in [-0.25, -0.2) is 19.7 Å². The van der Waals surface area contributed by atoms with Crippen LogP contribution < -0.4 is 11.1 Å². The third kappa shape index (κ3) is 4.37. The zero-order valence-electron chi connectivity index (χ0n) is 20.1. The molecule has 0 radical (unpaired) electrons. The molecule has 5 rings (SSSR count). The Morgan fingerprint density at radius 3 is 2.68 bits per heavy atom. The molecule has 0 bridgehead atoms. The summed E-state index contributed by atoms with van der Waals surface area (Å²) in [6, 6.07) is 9.55. The van der Waals surface area contributed by atoms with Gasteiger partial charge in [0.05, 0.1) is 23.6 Å². The van der Waals surface area contributed by atoms with E-state index in [-0.39, 0.29) is 30.2 Å². The van der Waals surface area contributed by atoms with Crippen LogP contribution in [0.3, 0.4) is 0 Å². The van der Waals surface area contributed by atoms with Gasteiger partial charge >= 0.3 is 5.97 Å². The lowest BCUT2D eigenvalue weighted by Crippen LogP contribution is -2.47. The topological polar surface area (TPSA) is 145 Å². The van der Waals surface area contributed by atoms with E-state index in [9.17, 15) is 14.4 Å². The number of ether oxygens (including phenoxy) is 1. The molecule has 1 aliphatic rings. The number of anilines is 2. The number of esters is 1. The van der Waals surface area contributed by atoms with Crippen LogP contribution in [0.25, 0.3) is 21.9 Å². The maximum absolute atomic E-state index is 13.7. The molecule has 1 fully saturated rings. The maximum Gasteiger partial charge on any atom is 0.338 e. The van der Waals surface area contributed by atoms with Crippen molar-refractivity contribution in [2.45, 2.75) is 38.4 Å². The largest absolute Gasteiger partial charge is 0.465 e. The summed E-state index contributed by atoms with van der Waals surface area (Å²) in [5.41, 5.74) is 7.49. The number of hydrogen-bond acceptors (Lipinski definition) is 8. The number of hydrogen-bond donors (Lipinski definition) is 2. The molecule has 12 heteroatoms. The summed E-state index contributed by atoms with van der Waals surface area (Å²) in [6.07, 6.45) is 2.53. The number of halogens is 1. The zero-order valence-corrected chi connectivity index (χ0v) is 21.7. The number of methoxy groups -OCH3 is 1.